The summed E-state index contributed by atoms with van der Waals surface area (Å²) in [6.07, 6.45) is 1.43. The van der Waals surface area contributed by atoms with Crippen molar-refractivity contribution in [2.45, 2.75) is 52.6 Å². The Balaban J connectivity index is 2.59. The summed E-state index contributed by atoms with van der Waals surface area (Å²) in [7, 11) is 0. The highest BCUT2D eigenvalue weighted by Crippen LogP contribution is 2.32. The van der Waals surface area contributed by atoms with E-state index in [0.29, 0.717) is 22.9 Å². The van der Waals surface area contributed by atoms with Crippen LogP contribution in [0.15, 0.2) is 24.4 Å². The quantitative estimate of drug-likeness (QED) is 0.756. The Bertz CT molecular complexity index is 789. The van der Waals surface area contributed by atoms with Gasteiger partial charge in [0.25, 0.3) is 0 Å². The van der Waals surface area contributed by atoms with E-state index < -0.39 is 23.4 Å². The predicted molar refractivity (Wildman–Crippen MR) is 93.2 cm³/mol. The van der Waals surface area contributed by atoms with Gasteiger partial charge in [0.1, 0.15) is 11.4 Å². The first-order valence-electron chi connectivity index (χ1n) is 8.38. The molecule has 0 aliphatic rings. The number of fused-ring (bicyclic) bond motifs is 1. The van der Waals surface area contributed by atoms with Crippen LogP contribution in [0.5, 0.6) is 0 Å². The summed E-state index contributed by atoms with van der Waals surface area (Å²) >= 11 is 0. The standard InChI is InChI=1S/C19H24FNO4/c1-6-13(17(22)24-7-2)15-11-21(18(23)25-19(3,4)5)16-10-12(20)8-9-14(15)16/h8-11,13H,6-7H2,1-5H3. The Hall–Kier alpha value is -2.37. The number of benzene rings is 1. The molecule has 1 unspecified atom stereocenters. The van der Waals surface area contributed by atoms with Crippen molar-refractivity contribution >= 4 is 23.0 Å². The molecule has 25 heavy (non-hydrogen) atoms. The Morgan fingerprint density at radius 3 is 2.48 bits per heavy atom. The second kappa shape index (κ2) is 7.25. The maximum atomic E-state index is 13.7. The van der Waals surface area contributed by atoms with Crippen LogP contribution in [0.3, 0.4) is 0 Å². The van der Waals surface area contributed by atoms with E-state index >= 15 is 0 Å². The summed E-state index contributed by atoms with van der Waals surface area (Å²) in [5.41, 5.74) is 0.306. The first-order chi connectivity index (χ1) is 11.7. The zero-order valence-electron chi connectivity index (χ0n) is 15.3. The minimum absolute atomic E-state index is 0.272. The maximum absolute atomic E-state index is 13.7. The molecular weight excluding hydrogens is 325 g/mol. The number of carbonyl (C=O) groups is 2. The molecule has 0 saturated carbocycles. The normalized spacial score (nSPS) is 12.9. The monoisotopic (exact) mass is 349 g/mol. The SMILES string of the molecule is CCOC(=O)C(CC)c1cn(C(=O)OC(C)(C)C)c2cc(F)ccc12. The smallest absolute Gasteiger partial charge is 0.419 e. The van der Waals surface area contributed by atoms with Gasteiger partial charge in [-0.15, -0.1) is 0 Å². The first-order valence-corrected chi connectivity index (χ1v) is 8.38. The molecule has 0 saturated heterocycles. The molecule has 1 heterocycles. The van der Waals surface area contributed by atoms with Gasteiger partial charge in [0.15, 0.2) is 0 Å². The molecule has 1 aromatic carbocycles. The van der Waals surface area contributed by atoms with Crippen molar-refractivity contribution in [2.24, 2.45) is 0 Å². The Labute approximate surface area is 146 Å². The van der Waals surface area contributed by atoms with Gasteiger partial charge in [-0.3, -0.25) is 9.36 Å². The summed E-state index contributed by atoms with van der Waals surface area (Å²) in [5.74, 6) is -1.36. The molecule has 1 atom stereocenters. The summed E-state index contributed by atoms with van der Waals surface area (Å²) < 4.78 is 25.5. The van der Waals surface area contributed by atoms with Gasteiger partial charge in [-0.1, -0.05) is 6.92 Å². The molecule has 0 aliphatic carbocycles. The van der Waals surface area contributed by atoms with Crippen molar-refractivity contribution in [3.63, 3.8) is 0 Å². The minimum Gasteiger partial charge on any atom is -0.466 e. The molecule has 1 aromatic heterocycles. The molecule has 0 aliphatic heterocycles. The average Bonchev–Trinajstić information content (AvgIpc) is 2.85. The lowest BCUT2D eigenvalue weighted by atomic mass is 9.96. The molecule has 2 rings (SSSR count). The van der Waals surface area contributed by atoms with Crippen molar-refractivity contribution in [1.82, 2.24) is 4.57 Å². The Morgan fingerprint density at radius 2 is 1.92 bits per heavy atom. The fourth-order valence-corrected chi connectivity index (χ4v) is 2.72. The number of hydrogen-bond acceptors (Lipinski definition) is 4. The number of carbonyl (C=O) groups excluding carboxylic acids is 2. The van der Waals surface area contributed by atoms with Crippen molar-refractivity contribution < 1.29 is 23.5 Å². The van der Waals surface area contributed by atoms with E-state index in [1.807, 2.05) is 6.92 Å². The van der Waals surface area contributed by atoms with Gasteiger partial charge in [0.05, 0.1) is 18.0 Å². The molecule has 5 nitrogen and oxygen atoms in total. The van der Waals surface area contributed by atoms with Crippen LogP contribution in [0.4, 0.5) is 9.18 Å². The van der Waals surface area contributed by atoms with E-state index in [2.05, 4.69) is 0 Å². The third kappa shape index (κ3) is 4.18. The number of esters is 1. The molecule has 0 fully saturated rings. The van der Waals surface area contributed by atoms with E-state index in [0.717, 1.165) is 0 Å². The van der Waals surface area contributed by atoms with Gasteiger partial charge >= 0.3 is 12.1 Å². The van der Waals surface area contributed by atoms with Crippen LogP contribution >= 0.6 is 0 Å². The van der Waals surface area contributed by atoms with Crippen LogP contribution < -0.4 is 0 Å². The van der Waals surface area contributed by atoms with E-state index in [1.54, 1.807) is 40.0 Å². The zero-order valence-corrected chi connectivity index (χ0v) is 15.3. The second-order valence-electron chi connectivity index (χ2n) is 6.81. The third-order valence-electron chi connectivity index (χ3n) is 3.74. The zero-order chi connectivity index (χ0) is 18.8. The minimum atomic E-state index is -0.688. The highest BCUT2D eigenvalue weighted by molar-refractivity contribution is 5.95. The van der Waals surface area contributed by atoms with Crippen LogP contribution in [-0.4, -0.2) is 28.8 Å². The number of hydrogen-bond donors (Lipinski definition) is 0. The maximum Gasteiger partial charge on any atom is 0.419 e. The summed E-state index contributed by atoms with van der Waals surface area (Å²) in [5, 5.41) is 0.632. The van der Waals surface area contributed by atoms with Gasteiger partial charge in [-0.25, -0.2) is 9.18 Å². The van der Waals surface area contributed by atoms with Gasteiger partial charge in [-0.2, -0.15) is 0 Å². The van der Waals surface area contributed by atoms with E-state index in [-0.39, 0.29) is 12.6 Å². The van der Waals surface area contributed by atoms with Crippen LogP contribution in [0, 0.1) is 5.82 Å². The molecule has 0 amide bonds. The van der Waals surface area contributed by atoms with Crippen LogP contribution in [0.2, 0.25) is 0 Å². The second-order valence-corrected chi connectivity index (χ2v) is 6.81. The molecular formula is C19H24FNO4. The number of rotatable bonds is 4. The Kier molecular flexibility index (Phi) is 5.50. The van der Waals surface area contributed by atoms with Gasteiger partial charge in [0.2, 0.25) is 0 Å². The average molecular weight is 349 g/mol. The lowest BCUT2D eigenvalue weighted by Gasteiger charge is -2.19. The lowest BCUT2D eigenvalue weighted by Crippen LogP contribution is -2.26. The van der Waals surface area contributed by atoms with Gasteiger partial charge < -0.3 is 9.47 Å². The van der Waals surface area contributed by atoms with Crippen LogP contribution in [0.25, 0.3) is 10.9 Å². The van der Waals surface area contributed by atoms with Crippen molar-refractivity contribution in [2.75, 3.05) is 6.61 Å². The van der Waals surface area contributed by atoms with Crippen molar-refractivity contribution in [3.8, 4) is 0 Å². The number of halogens is 1. The van der Waals surface area contributed by atoms with Crippen molar-refractivity contribution in [3.05, 3.63) is 35.8 Å². The fourth-order valence-electron chi connectivity index (χ4n) is 2.72. The van der Waals surface area contributed by atoms with E-state index in [4.69, 9.17) is 9.47 Å². The van der Waals surface area contributed by atoms with Gasteiger partial charge in [0, 0.05) is 11.6 Å². The summed E-state index contributed by atoms with van der Waals surface area (Å²) in [4.78, 5) is 24.8. The lowest BCUT2D eigenvalue weighted by molar-refractivity contribution is -0.145. The molecule has 0 N–H and O–H groups in total. The van der Waals surface area contributed by atoms with Crippen molar-refractivity contribution in [1.29, 1.82) is 0 Å². The summed E-state index contributed by atoms with van der Waals surface area (Å²) in [6, 6.07) is 4.15. The molecule has 2 aromatic rings. The molecule has 136 valence electrons. The number of ether oxygens (including phenoxy) is 2. The molecule has 0 spiro atoms. The highest BCUT2D eigenvalue weighted by Gasteiger charge is 2.27. The first kappa shape index (κ1) is 19.0. The summed E-state index contributed by atoms with van der Waals surface area (Å²) in [6.45, 7) is 9.14. The Morgan fingerprint density at radius 1 is 1.24 bits per heavy atom. The van der Waals surface area contributed by atoms with E-state index in [9.17, 15) is 14.0 Å². The fraction of sp³-hybridized carbons (Fsp3) is 0.474. The number of aromatic nitrogens is 1. The number of nitrogens with zero attached hydrogens (tertiary/aromatic N) is 1. The largest absolute Gasteiger partial charge is 0.466 e. The van der Waals surface area contributed by atoms with Crippen LogP contribution in [-0.2, 0) is 14.3 Å². The van der Waals surface area contributed by atoms with Crippen LogP contribution in [0.1, 0.15) is 52.5 Å². The molecule has 0 bridgehead atoms. The molecule has 0 radical (unpaired) electrons. The molecule has 6 heteroatoms. The highest BCUT2D eigenvalue weighted by atomic mass is 19.1. The topological polar surface area (TPSA) is 57.5 Å². The predicted octanol–water partition coefficient (Wildman–Crippen LogP) is 4.62. The third-order valence-corrected chi connectivity index (χ3v) is 3.74. The van der Waals surface area contributed by atoms with E-state index in [1.165, 1.54) is 16.7 Å². The van der Waals surface area contributed by atoms with Gasteiger partial charge in [-0.05, 0) is 57.9 Å².